The van der Waals surface area contributed by atoms with Gasteiger partial charge in [0, 0.05) is 0 Å². The normalized spacial score (nSPS) is 19.6. The summed E-state index contributed by atoms with van der Waals surface area (Å²) in [7, 11) is 0. The Hall–Kier alpha value is -0.820. The van der Waals surface area contributed by atoms with Crippen molar-refractivity contribution in [2.45, 2.75) is 51.0 Å². The Balaban J connectivity index is 1.77. The summed E-state index contributed by atoms with van der Waals surface area (Å²) >= 11 is 0. The highest BCUT2D eigenvalue weighted by Crippen LogP contribution is 2.30. The van der Waals surface area contributed by atoms with Crippen LogP contribution in [0.15, 0.2) is 24.3 Å². The van der Waals surface area contributed by atoms with Crippen molar-refractivity contribution in [1.29, 1.82) is 0 Å². The minimum atomic E-state index is -0.281. The van der Waals surface area contributed by atoms with Crippen molar-refractivity contribution in [3.05, 3.63) is 35.9 Å². The smallest absolute Gasteiger partial charge is 0.0790 e. The van der Waals surface area contributed by atoms with Crippen LogP contribution in [0.5, 0.6) is 0 Å². The fraction of sp³-hybridized carbons (Fsp3) is 0.600. The Labute approximate surface area is 98.5 Å². The van der Waals surface area contributed by atoms with Gasteiger partial charge in [0.05, 0.1) is 6.10 Å². The van der Waals surface area contributed by atoms with Gasteiger partial charge in [0.1, 0.15) is 0 Å². The molecule has 1 N–H and O–H groups in total. The lowest BCUT2D eigenvalue weighted by Gasteiger charge is -2.22. The van der Waals surface area contributed by atoms with E-state index < -0.39 is 0 Å². The van der Waals surface area contributed by atoms with Crippen LogP contribution in [-0.4, -0.2) is 5.11 Å². The van der Waals surface area contributed by atoms with E-state index in [1.165, 1.54) is 38.5 Å². The Morgan fingerprint density at radius 2 is 1.88 bits per heavy atom. The van der Waals surface area contributed by atoms with Gasteiger partial charge >= 0.3 is 0 Å². The van der Waals surface area contributed by atoms with Crippen LogP contribution in [0, 0.1) is 12.0 Å². The molecule has 2 rings (SSSR count). The molecule has 0 spiro atoms. The van der Waals surface area contributed by atoms with Crippen LogP contribution in [0.1, 0.15) is 56.6 Å². The van der Waals surface area contributed by atoms with Crippen LogP contribution >= 0.6 is 0 Å². The zero-order valence-electron chi connectivity index (χ0n) is 9.86. The zero-order valence-corrected chi connectivity index (χ0v) is 9.86. The molecule has 1 aromatic rings. The molecule has 1 nitrogen and oxygen atoms in total. The van der Waals surface area contributed by atoms with Gasteiger partial charge in [-0.1, -0.05) is 56.4 Å². The van der Waals surface area contributed by atoms with Crippen molar-refractivity contribution in [3.8, 4) is 0 Å². The molecule has 0 aliphatic heterocycles. The van der Waals surface area contributed by atoms with E-state index in [0.717, 1.165) is 17.9 Å². The van der Waals surface area contributed by atoms with Gasteiger partial charge < -0.3 is 5.11 Å². The number of aliphatic hydroxyl groups is 1. The quantitative estimate of drug-likeness (QED) is 0.811. The van der Waals surface area contributed by atoms with E-state index >= 15 is 0 Å². The molecule has 0 aromatic heterocycles. The number of benzene rings is 1. The van der Waals surface area contributed by atoms with Crippen LogP contribution in [0.4, 0.5) is 0 Å². The van der Waals surface area contributed by atoms with Crippen molar-refractivity contribution in [2.75, 3.05) is 0 Å². The number of hydrogen-bond acceptors (Lipinski definition) is 1. The van der Waals surface area contributed by atoms with Gasteiger partial charge in [-0.3, -0.25) is 0 Å². The SMILES string of the molecule is OC(CCC1CCCCC1)c1cc[c]cc1. The highest BCUT2D eigenvalue weighted by Gasteiger charge is 2.15. The largest absolute Gasteiger partial charge is 0.388 e. The summed E-state index contributed by atoms with van der Waals surface area (Å²) in [6.45, 7) is 0. The summed E-state index contributed by atoms with van der Waals surface area (Å²) in [5, 5.41) is 10.0. The maximum absolute atomic E-state index is 10.0. The maximum Gasteiger partial charge on any atom is 0.0790 e. The summed E-state index contributed by atoms with van der Waals surface area (Å²) in [5.74, 6) is 0.860. The number of hydrogen-bond donors (Lipinski definition) is 1. The molecule has 0 bridgehead atoms. The minimum absolute atomic E-state index is 0.281. The topological polar surface area (TPSA) is 20.2 Å². The second-order valence-electron chi connectivity index (χ2n) is 4.93. The molecule has 1 aliphatic rings. The van der Waals surface area contributed by atoms with E-state index in [2.05, 4.69) is 6.07 Å². The molecular weight excluding hydrogens is 196 g/mol. The predicted octanol–water partition coefficient (Wildman–Crippen LogP) is 3.88. The van der Waals surface area contributed by atoms with E-state index in [1.54, 1.807) is 0 Å². The van der Waals surface area contributed by atoms with Gasteiger partial charge in [0.2, 0.25) is 0 Å². The van der Waals surface area contributed by atoms with Crippen LogP contribution in [-0.2, 0) is 0 Å². The number of rotatable bonds is 4. The second kappa shape index (κ2) is 6.05. The van der Waals surface area contributed by atoms with E-state index in [0.29, 0.717) is 0 Å². The molecule has 1 atom stereocenters. The first-order chi connectivity index (χ1) is 7.86. The van der Waals surface area contributed by atoms with Gasteiger partial charge in [-0.2, -0.15) is 0 Å². The Bertz CT molecular complexity index is 288. The van der Waals surface area contributed by atoms with Crippen LogP contribution in [0.25, 0.3) is 0 Å². The first-order valence-corrected chi connectivity index (χ1v) is 6.50. The Morgan fingerprint density at radius 3 is 2.56 bits per heavy atom. The van der Waals surface area contributed by atoms with E-state index in [1.807, 2.05) is 24.3 Å². The summed E-state index contributed by atoms with van der Waals surface area (Å²) < 4.78 is 0. The van der Waals surface area contributed by atoms with E-state index in [-0.39, 0.29) is 6.10 Å². The monoisotopic (exact) mass is 217 g/mol. The molecule has 16 heavy (non-hydrogen) atoms. The van der Waals surface area contributed by atoms with Crippen molar-refractivity contribution >= 4 is 0 Å². The second-order valence-corrected chi connectivity index (χ2v) is 4.93. The van der Waals surface area contributed by atoms with Gasteiger partial charge in [0.15, 0.2) is 0 Å². The van der Waals surface area contributed by atoms with Gasteiger partial charge in [-0.15, -0.1) is 0 Å². The van der Waals surface area contributed by atoms with Crippen molar-refractivity contribution in [3.63, 3.8) is 0 Å². The average Bonchev–Trinajstić information content (AvgIpc) is 2.38. The van der Waals surface area contributed by atoms with Crippen molar-refractivity contribution in [1.82, 2.24) is 0 Å². The van der Waals surface area contributed by atoms with Crippen molar-refractivity contribution < 1.29 is 5.11 Å². The van der Waals surface area contributed by atoms with E-state index in [4.69, 9.17) is 0 Å². The fourth-order valence-corrected chi connectivity index (χ4v) is 2.66. The summed E-state index contributed by atoms with van der Waals surface area (Å²) in [6.07, 6.45) is 8.74. The molecule has 0 saturated heterocycles. The molecule has 1 radical (unpaired) electrons. The van der Waals surface area contributed by atoms with Gasteiger partial charge in [-0.25, -0.2) is 0 Å². The molecule has 1 heteroatoms. The predicted molar refractivity (Wildman–Crippen MR) is 66.0 cm³/mol. The first kappa shape index (κ1) is 11.7. The van der Waals surface area contributed by atoms with Gasteiger partial charge in [-0.05, 0) is 30.4 Å². The lowest BCUT2D eigenvalue weighted by Crippen LogP contribution is -2.08. The maximum atomic E-state index is 10.0. The van der Waals surface area contributed by atoms with Crippen LogP contribution in [0.2, 0.25) is 0 Å². The van der Waals surface area contributed by atoms with E-state index in [9.17, 15) is 5.11 Å². The zero-order chi connectivity index (χ0) is 11.2. The third-order valence-corrected chi connectivity index (χ3v) is 3.70. The lowest BCUT2D eigenvalue weighted by atomic mass is 9.85. The highest BCUT2D eigenvalue weighted by molar-refractivity contribution is 5.16. The summed E-state index contributed by atoms with van der Waals surface area (Å²) in [4.78, 5) is 0. The summed E-state index contributed by atoms with van der Waals surface area (Å²) in [6, 6.07) is 10.7. The fourth-order valence-electron chi connectivity index (χ4n) is 2.66. The molecular formula is C15H21O. The molecule has 1 aromatic carbocycles. The lowest BCUT2D eigenvalue weighted by molar-refractivity contribution is 0.151. The number of aliphatic hydroxyl groups excluding tert-OH is 1. The molecule has 87 valence electrons. The third kappa shape index (κ3) is 3.34. The molecule has 1 aliphatic carbocycles. The minimum Gasteiger partial charge on any atom is -0.388 e. The first-order valence-electron chi connectivity index (χ1n) is 6.50. The van der Waals surface area contributed by atoms with Gasteiger partial charge in [0.25, 0.3) is 0 Å². The molecule has 1 saturated carbocycles. The Kier molecular flexibility index (Phi) is 4.41. The molecule has 0 amide bonds. The molecule has 0 heterocycles. The molecule has 1 fully saturated rings. The molecule has 1 unspecified atom stereocenters. The highest BCUT2D eigenvalue weighted by atomic mass is 16.3. The Morgan fingerprint density at radius 1 is 1.19 bits per heavy atom. The average molecular weight is 217 g/mol. The summed E-state index contributed by atoms with van der Waals surface area (Å²) in [5.41, 5.74) is 1.04. The van der Waals surface area contributed by atoms with Crippen LogP contribution in [0.3, 0.4) is 0 Å². The third-order valence-electron chi connectivity index (χ3n) is 3.70. The van der Waals surface area contributed by atoms with Crippen LogP contribution < -0.4 is 0 Å². The standard InChI is InChI=1S/C15H21O/c16-15(14-9-5-2-6-10-14)12-11-13-7-3-1-4-8-13/h5-6,9-10,13,15-16H,1,3-4,7-8,11-12H2. The van der Waals surface area contributed by atoms with Crippen molar-refractivity contribution in [2.24, 2.45) is 5.92 Å².